The van der Waals surface area contributed by atoms with E-state index in [2.05, 4.69) is 10.6 Å². The number of nitrogens with one attached hydrogen (secondary N) is 3. The first-order valence-corrected chi connectivity index (χ1v) is 11.0. The Kier molecular flexibility index (Phi) is 8.97. The number of carbonyl (C=O) groups is 3. The number of hydroxylamine groups is 1. The van der Waals surface area contributed by atoms with Gasteiger partial charge >= 0.3 is 6.03 Å². The Bertz CT molecular complexity index is 807. The molecular formula is C21H30Cl2N4O4. The second-order valence-electron chi connectivity index (χ2n) is 8.93. The minimum absolute atomic E-state index is 0.287. The van der Waals surface area contributed by atoms with E-state index in [9.17, 15) is 14.4 Å². The van der Waals surface area contributed by atoms with Crippen LogP contribution in [0.4, 0.5) is 10.5 Å². The molecule has 1 saturated carbocycles. The Balaban J connectivity index is 2.18. The number of anilines is 1. The molecule has 0 saturated heterocycles. The van der Waals surface area contributed by atoms with Crippen LogP contribution in [0, 0.1) is 11.3 Å². The van der Waals surface area contributed by atoms with E-state index in [1.165, 1.54) is 11.0 Å². The minimum atomic E-state index is -0.918. The van der Waals surface area contributed by atoms with Crippen molar-refractivity contribution in [2.45, 2.75) is 52.5 Å². The van der Waals surface area contributed by atoms with Gasteiger partial charge in [0.25, 0.3) is 5.91 Å². The van der Waals surface area contributed by atoms with Gasteiger partial charge in [-0.3, -0.25) is 14.8 Å². The zero-order valence-electron chi connectivity index (χ0n) is 18.0. The summed E-state index contributed by atoms with van der Waals surface area (Å²) in [6, 6.07) is 3.13. The summed E-state index contributed by atoms with van der Waals surface area (Å²) in [5.74, 6) is -0.792. The molecule has 0 heterocycles. The molecular weight excluding hydrogens is 443 g/mol. The lowest BCUT2D eigenvalue weighted by Crippen LogP contribution is -2.57. The average Bonchev–Trinajstić information content (AvgIpc) is 3.20. The molecule has 4 N–H and O–H groups in total. The third kappa shape index (κ3) is 7.55. The summed E-state index contributed by atoms with van der Waals surface area (Å²) in [5.41, 5.74) is 1.25. The molecule has 0 unspecified atom stereocenters. The predicted molar refractivity (Wildman–Crippen MR) is 120 cm³/mol. The summed E-state index contributed by atoms with van der Waals surface area (Å²) in [6.07, 6.45) is 4.13. The Hall–Kier alpha value is -2.03. The van der Waals surface area contributed by atoms with Gasteiger partial charge in [-0.2, -0.15) is 0 Å². The van der Waals surface area contributed by atoms with Crippen molar-refractivity contribution in [3.63, 3.8) is 0 Å². The van der Waals surface area contributed by atoms with Crippen LogP contribution in [0.2, 0.25) is 10.0 Å². The number of nitrogens with zero attached hydrogens (tertiary/aromatic N) is 1. The number of urea groups is 1. The lowest BCUT2D eigenvalue weighted by Gasteiger charge is -2.35. The molecule has 0 aliphatic heterocycles. The van der Waals surface area contributed by atoms with Crippen LogP contribution in [0.3, 0.4) is 0 Å². The predicted octanol–water partition coefficient (Wildman–Crippen LogP) is 4.05. The van der Waals surface area contributed by atoms with Gasteiger partial charge in [-0.25, -0.2) is 10.3 Å². The highest BCUT2D eigenvalue weighted by molar-refractivity contribution is 6.35. The third-order valence-electron chi connectivity index (χ3n) is 5.29. The SMILES string of the molecule is CC(C)(C)[C@H](NC(=O)Nc1cc(Cl)ccc1Cl)C(=O)N(CC(=O)NO)CC1CCCC1. The number of hydrogen-bond acceptors (Lipinski definition) is 4. The average molecular weight is 473 g/mol. The van der Waals surface area contributed by atoms with Crippen molar-refractivity contribution in [1.29, 1.82) is 0 Å². The van der Waals surface area contributed by atoms with Crippen molar-refractivity contribution in [2.24, 2.45) is 11.3 Å². The first-order valence-electron chi connectivity index (χ1n) is 10.3. The second-order valence-corrected chi connectivity index (χ2v) is 9.77. The summed E-state index contributed by atoms with van der Waals surface area (Å²) in [5, 5.41) is 15.0. The van der Waals surface area contributed by atoms with Gasteiger partial charge < -0.3 is 15.5 Å². The summed E-state index contributed by atoms with van der Waals surface area (Å²) in [7, 11) is 0. The van der Waals surface area contributed by atoms with Gasteiger partial charge in [-0.1, -0.05) is 56.8 Å². The zero-order chi connectivity index (χ0) is 23.2. The van der Waals surface area contributed by atoms with Crippen molar-refractivity contribution < 1.29 is 19.6 Å². The maximum atomic E-state index is 13.4. The fourth-order valence-corrected chi connectivity index (χ4v) is 4.00. The van der Waals surface area contributed by atoms with Gasteiger partial charge in [-0.15, -0.1) is 0 Å². The molecule has 1 aliphatic rings. The third-order valence-corrected chi connectivity index (χ3v) is 5.85. The number of halogens is 2. The zero-order valence-corrected chi connectivity index (χ0v) is 19.5. The highest BCUT2D eigenvalue weighted by atomic mass is 35.5. The van der Waals surface area contributed by atoms with Crippen LogP contribution in [-0.2, 0) is 9.59 Å². The number of benzene rings is 1. The first kappa shape index (κ1) is 25.2. The van der Waals surface area contributed by atoms with Gasteiger partial charge in [0.15, 0.2) is 0 Å². The molecule has 0 bridgehead atoms. The lowest BCUT2D eigenvalue weighted by molar-refractivity contribution is -0.142. The molecule has 0 aromatic heterocycles. The van der Waals surface area contributed by atoms with E-state index in [-0.39, 0.29) is 12.5 Å². The Labute approximate surface area is 192 Å². The molecule has 2 rings (SSSR count). The van der Waals surface area contributed by atoms with Crippen LogP contribution < -0.4 is 16.1 Å². The minimum Gasteiger partial charge on any atom is -0.331 e. The van der Waals surface area contributed by atoms with E-state index in [1.807, 2.05) is 20.8 Å². The van der Waals surface area contributed by atoms with Crippen LogP contribution in [0.1, 0.15) is 46.5 Å². The number of hydrogen-bond donors (Lipinski definition) is 4. The van der Waals surface area contributed by atoms with Crippen molar-refractivity contribution in [3.05, 3.63) is 28.2 Å². The summed E-state index contributed by atoms with van der Waals surface area (Å²) in [4.78, 5) is 39.3. The van der Waals surface area contributed by atoms with Crippen molar-refractivity contribution in [1.82, 2.24) is 15.7 Å². The van der Waals surface area contributed by atoms with E-state index in [4.69, 9.17) is 28.4 Å². The molecule has 0 radical (unpaired) electrons. The smallest absolute Gasteiger partial charge is 0.319 e. The summed E-state index contributed by atoms with van der Waals surface area (Å²) < 4.78 is 0. The topological polar surface area (TPSA) is 111 Å². The molecule has 1 aromatic carbocycles. The van der Waals surface area contributed by atoms with Crippen molar-refractivity contribution >= 4 is 46.7 Å². The van der Waals surface area contributed by atoms with Gasteiger partial charge in [0.2, 0.25) is 5.91 Å². The maximum absolute atomic E-state index is 13.4. The Morgan fingerprint density at radius 3 is 2.42 bits per heavy atom. The molecule has 1 atom stereocenters. The standard InChI is InChI=1S/C21H30Cl2N4O4/c1-21(2,3)18(25-20(30)24-16-10-14(22)8-9-15(16)23)19(29)27(12-17(28)26-31)11-13-6-4-5-7-13/h8-10,13,18,31H,4-7,11-12H2,1-3H3,(H,26,28)(H2,24,25,30)/t18-/m1/s1. The highest BCUT2D eigenvalue weighted by Crippen LogP contribution is 2.28. The van der Waals surface area contributed by atoms with Crippen LogP contribution in [0.25, 0.3) is 0 Å². The normalized spacial score (nSPS) is 15.3. The molecule has 10 heteroatoms. The number of rotatable bonds is 7. The number of carbonyl (C=O) groups excluding carboxylic acids is 3. The molecule has 8 nitrogen and oxygen atoms in total. The quantitative estimate of drug-likeness (QED) is 0.354. The van der Waals surface area contributed by atoms with Gasteiger partial charge in [0.05, 0.1) is 10.7 Å². The fourth-order valence-electron chi connectivity index (χ4n) is 3.66. The Morgan fingerprint density at radius 1 is 1.19 bits per heavy atom. The fraction of sp³-hybridized carbons (Fsp3) is 0.571. The second kappa shape index (κ2) is 11.0. The first-order chi connectivity index (χ1) is 14.5. The van der Waals surface area contributed by atoms with E-state index in [0.717, 1.165) is 25.7 Å². The summed E-state index contributed by atoms with van der Waals surface area (Å²) in [6.45, 7) is 5.57. The molecule has 1 aliphatic carbocycles. The molecule has 1 aromatic rings. The molecule has 172 valence electrons. The van der Waals surface area contributed by atoms with E-state index in [1.54, 1.807) is 17.6 Å². The lowest BCUT2D eigenvalue weighted by atomic mass is 9.85. The van der Waals surface area contributed by atoms with Crippen LogP contribution in [0.15, 0.2) is 18.2 Å². The molecule has 31 heavy (non-hydrogen) atoms. The van der Waals surface area contributed by atoms with Crippen LogP contribution in [0.5, 0.6) is 0 Å². The van der Waals surface area contributed by atoms with Crippen LogP contribution in [-0.4, -0.2) is 47.1 Å². The van der Waals surface area contributed by atoms with Crippen molar-refractivity contribution in [2.75, 3.05) is 18.4 Å². The van der Waals surface area contributed by atoms with Gasteiger partial charge in [0, 0.05) is 11.6 Å². The van der Waals surface area contributed by atoms with E-state index >= 15 is 0 Å². The van der Waals surface area contributed by atoms with Crippen molar-refractivity contribution in [3.8, 4) is 0 Å². The monoisotopic (exact) mass is 472 g/mol. The highest BCUT2D eigenvalue weighted by Gasteiger charge is 2.37. The molecule has 4 amide bonds. The largest absolute Gasteiger partial charge is 0.331 e. The number of amides is 4. The van der Waals surface area contributed by atoms with E-state index < -0.39 is 29.3 Å². The van der Waals surface area contributed by atoms with Gasteiger partial charge in [0.1, 0.15) is 12.6 Å². The van der Waals surface area contributed by atoms with Gasteiger partial charge in [-0.05, 0) is 42.4 Å². The van der Waals surface area contributed by atoms with E-state index in [0.29, 0.717) is 22.3 Å². The molecule has 0 spiro atoms. The Morgan fingerprint density at radius 2 is 1.84 bits per heavy atom. The molecule has 1 fully saturated rings. The maximum Gasteiger partial charge on any atom is 0.319 e. The summed E-state index contributed by atoms with van der Waals surface area (Å²) >= 11 is 12.1. The van der Waals surface area contributed by atoms with Crippen LogP contribution >= 0.6 is 23.2 Å².